The minimum atomic E-state index is 0.619. The molecule has 1 aromatic heterocycles. The molecule has 0 amide bonds. The van der Waals surface area contributed by atoms with E-state index in [2.05, 4.69) is 19.8 Å². The van der Waals surface area contributed by atoms with Crippen molar-refractivity contribution in [2.45, 2.75) is 39.2 Å². The van der Waals surface area contributed by atoms with Gasteiger partial charge in [0.2, 0.25) is 0 Å². The van der Waals surface area contributed by atoms with Crippen molar-refractivity contribution in [2.24, 2.45) is 0 Å². The molecular formula is C14H23N5. The Morgan fingerprint density at radius 3 is 2.79 bits per heavy atom. The number of hydrogen-bond acceptors (Lipinski definition) is 5. The molecule has 2 saturated heterocycles. The van der Waals surface area contributed by atoms with Gasteiger partial charge in [-0.15, -0.1) is 0 Å². The van der Waals surface area contributed by atoms with Gasteiger partial charge in [0.1, 0.15) is 17.5 Å². The van der Waals surface area contributed by atoms with Crippen LogP contribution in [-0.4, -0.2) is 47.1 Å². The molecule has 1 aromatic rings. The molecule has 1 atom stereocenters. The van der Waals surface area contributed by atoms with Gasteiger partial charge in [0.25, 0.3) is 0 Å². The highest BCUT2D eigenvalue weighted by Gasteiger charge is 2.30. The van der Waals surface area contributed by atoms with Crippen molar-refractivity contribution in [3.05, 3.63) is 11.4 Å². The third kappa shape index (κ3) is 2.39. The molecule has 3 rings (SSSR count). The number of piperidine rings is 1. The summed E-state index contributed by atoms with van der Waals surface area (Å²) in [6.45, 7) is 8.48. The molecule has 0 bridgehead atoms. The van der Waals surface area contributed by atoms with Crippen LogP contribution in [0.4, 0.5) is 11.6 Å². The summed E-state index contributed by atoms with van der Waals surface area (Å²) in [4.78, 5) is 13.9. The van der Waals surface area contributed by atoms with Crippen molar-refractivity contribution < 1.29 is 0 Å². The van der Waals surface area contributed by atoms with Gasteiger partial charge in [-0.05, 0) is 33.2 Å². The fraction of sp³-hybridized carbons (Fsp3) is 0.714. The summed E-state index contributed by atoms with van der Waals surface area (Å²) < 4.78 is 0. The maximum atomic E-state index is 5.97. The van der Waals surface area contributed by atoms with Gasteiger partial charge in [0, 0.05) is 31.2 Å². The predicted octanol–water partition coefficient (Wildman–Crippen LogP) is 1.35. The molecule has 0 saturated carbocycles. The largest absolute Gasteiger partial charge is 0.383 e. The first-order valence-corrected chi connectivity index (χ1v) is 7.25. The van der Waals surface area contributed by atoms with Crippen LogP contribution in [0, 0.1) is 13.8 Å². The third-order valence-corrected chi connectivity index (χ3v) is 4.41. The molecule has 104 valence electrons. The van der Waals surface area contributed by atoms with Gasteiger partial charge in [-0.1, -0.05) is 6.42 Å². The summed E-state index contributed by atoms with van der Waals surface area (Å²) in [5.74, 6) is 2.42. The fourth-order valence-electron chi connectivity index (χ4n) is 3.29. The van der Waals surface area contributed by atoms with Crippen LogP contribution in [0.15, 0.2) is 0 Å². The topological polar surface area (TPSA) is 58.3 Å². The van der Waals surface area contributed by atoms with Gasteiger partial charge in [0.05, 0.1) is 0 Å². The van der Waals surface area contributed by atoms with E-state index >= 15 is 0 Å². The van der Waals surface area contributed by atoms with Gasteiger partial charge in [-0.2, -0.15) is 0 Å². The van der Waals surface area contributed by atoms with E-state index < -0.39 is 0 Å². The lowest BCUT2D eigenvalue weighted by molar-refractivity contribution is 0.133. The van der Waals surface area contributed by atoms with Crippen LogP contribution in [0.5, 0.6) is 0 Å². The number of nitrogens with zero attached hydrogens (tertiary/aromatic N) is 4. The number of hydrogen-bond donors (Lipinski definition) is 1. The van der Waals surface area contributed by atoms with Crippen molar-refractivity contribution in [1.82, 2.24) is 14.9 Å². The number of piperazine rings is 1. The first kappa shape index (κ1) is 12.7. The van der Waals surface area contributed by atoms with E-state index in [1.54, 1.807) is 0 Å². The van der Waals surface area contributed by atoms with Gasteiger partial charge in [-0.25, -0.2) is 9.97 Å². The summed E-state index contributed by atoms with van der Waals surface area (Å²) in [7, 11) is 0. The normalized spacial score (nSPS) is 24.3. The van der Waals surface area contributed by atoms with Crippen LogP contribution in [0.1, 0.15) is 30.7 Å². The van der Waals surface area contributed by atoms with Gasteiger partial charge in [0.15, 0.2) is 0 Å². The van der Waals surface area contributed by atoms with E-state index in [-0.39, 0.29) is 0 Å². The lowest BCUT2D eigenvalue weighted by Crippen LogP contribution is -2.55. The lowest BCUT2D eigenvalue weighted by Gasteiger charge is -2.44. The Hall–Kier alpha value is -1.36. The zero-order valence-corrected chi connectivity index (χ0v) is 11.9. The predicted molar refractivity (Wildman–Crippen MR) is 77.3 cm³/mol. The molecule has 2 fully saturated rings. The standard InChI is InChI=1S/C14H23N5/c1-10-13(15)16-11(2)17-14(10)19-8-7-18-6-4-3-5-12(18)9-19/h12H,3-9H2,1-2H3,(H2,15,16,17). The van der Waals surface area contributed by atoms with Gasteiger partial charge in [-0.3, -0.25) is 4.90 Å². The highest BCUT2D eigenvalue weighted by atomic mass is 15.3. The summed E-state index contributed by atoms with van der Waals surface area (Å²) in [6, 6.07) is 0.693. The number of aromatic nitrogens is 2. The van der Waals surface area contributed by atoms with Crippen molar-refractivity contribution in [3.63, 3.8) is 0 Å². The first-order chi connectivity index (χ1) is 9.15. The van der Waals surface area contributed by atoms with Crippen LogP contribution in [0.3, 0.4) is 0 Å². The van der Waals surface area contributed by atoms with E-state index in [9.17, 15) is 0 Å². The number of aryl methyl sites for hydroxylation is 1. The summed E-state index contributed by atoms with van der Waals surface area (Å²) in [5.41, 5.74) is 6.99. The van der Waals surface area contributed by atoms with E-state index in [1.165, 1.54) is 25.8 Å². The van der Waals surface area contributed by atoms with Crippen molar-refractivity contribution in [1.29, 1.82) is 0 Å². The van der Waals surface area contributed by atoms with E-state index in [0.717, 1.165) is 36.8 Å². The maximum absolute atomic E-state index is 5.97. The van der Waals surface area contributed by atoms with Crippen molar-refractivity contribution in [2.75, 3.05) is 36.8 Å². The Kier molecular flexibility index (Phi) is 3.31. The number of anilines is 2. The Labute approximate surface area is 114 Å². The molecule has 2 aliphatic rings. The van der Waals surface area contributed by atoms with Crippen molar-refractivity contribution >= 4 is 11.6 Å². The molecule has 1 unspecified atom stereocenters. The lowest BCUT2D eigenvalue weighted by atomic mass is 9.99. The molecule has 0 spiro atoms. The number of nitrogen functional groups attached to an aromatic ring is 1. The minimum Gasteiger partial charge on any atom is -0.383 e. The molecule has 19 heavy (non-hydrogen) atoms. The van der Waals surface area contributed by atoms with Crippen LogP contribution in [0.2, 0.25) is 0 Å². The molecular weight excluding hydrogens is 238 g/mol. The monoisotopic (exact) mass is 261 g/mol. The molecule has 0 aliphatic carbocycles. The van der Waals surface area contributed by atoms with Crippen LogP contribution in [0.25, 0.3) is 0 Å². The Morgan fingerprint density at radius 2 is 1.95 bits per heavy atom. The second-order valence-corrected chi connectivity index (χ2v) is 5.74. The smallest absolute Gasteiger partial charge is 0.137 e. The molecule has 0 aromatic carbocycles. The maximum Gasteiger partial charge on any atom is 0.137 e. The number of rotatable bonds is 1. The highest BCUT2D eigenvalue weighted by molar-refractivity contribution is 5.56. The highest BCUT2D eigenvalue weighted by Crippen LogP contribution is 2.27. The quantitative estimate of drug-likeness (QED) is 0.827. The Morgan fingerprint density at radius 1 is 1.11 bits per heavy atom. The Bertz CT molecular complexity index is 473. The average molecular weight is 261 g/mol. The zero-order valence-electron chi connectivity index (χ0n) is 11.9. The van der Waals surface area contributed by atoms with Gasteiger partial charge < -0.3 is 10.6 Å². The fourth-order valence-corrected chi connectivity index (χ4v) is 3.29. The van der Waals surface area contributed by atoms with Crippen LogP contribution >= 0.6 is 0 Å². The van der Waals surface area contributed by atoms with Crippen LogP contribution < -0.4 is 10.6 Å². The zero-order chi connectivity index (χ0) is 13.4. The molecule has 2 aliphatic heterocycles. The Balaban J connectivity index is 1.83. The van der Waals surface area contributed by atoms with E-state index in [4.69, 9.17) is 5.73 Å². The second-order valence-electron chi connectivity index (χ2n) is 5.74. The van der Waals surface area contributed by atoms with Gasteiger partial charge >= 0.3 is 0 Å². The first-order valence-electron chi connectivity index (χ1n) is 7.25. The minimum absolute atomic E-state index is 0.619. The van der Waals surface area contributed by atoms with Crippen molar-refractivity contribution in [3.8, 4) is 0 Å². The number of fused-ring (bicyclic) bond motifs is 1. The number of nitrogens with two attached hydrogens (primary N) is 1. The van der Waals surface area contributed by atoms with Crippen LogP contribution in [-0.2, 0) is 0 Å². The molecule has 5 heteroatoms. The van der Waals surface area contributed by atoms with E-state index in [0.29, 0.717) is 11.9 Å². The molecule has 5 nitrogen and oxygen atoms in total. The summed E-state index contributed by atoms with van der Waals surface area (Å²) in [5, 5.41) is 0. The second kappa shape index (κ2) is 4.96. The molecule has 3 heterocycles. The van der Waals surface area contributed by atoms with E-state index in [1.807, 2.05) is 13.8 Å². The summed E-state index contributed by atoms with van der Waals surface area (Å²) >= 11 is 0. The summed E-state index contributed by atoms with van der Waals surface area (Å²) in [6.07, 6.45) is 4.03. The molecule has 0 radical (unpaired) electrons. The third-order valence-electron chi connectivity index (χ3n) is 4.41. The average Bonchev–Trinajstić information content (AvgIpc) is 2.42. The molecule has 2 N–H and O–H groups in total. The SMILES string of the molecule is Cc1nc(N)c(C)c(N2CCN3CCCCC3C2)n1.